The Bertz CT molecular complexity index is 1250. The topological polar surface area (TPSA) is 84.7 Å². The molecule has 1 unspecified atom stereocenters. The number of hydrogen-bond acceptors (Lipinski definition) is 5. The SMILES string of the molecule is C=CCOc1cccc(C2C(C(=O)/C=C/c3ccccc3)=C(O)C(=O)N2CCCn2ccnc2)c1. The number of ether oxygens (including phenoxy) is 1. The van der Waals surface area contributed by atoms with Crippen LogP contribution < -0.4 is 4.74 Å². The molecule has 0 bridgehead atoms. The summed E-state index contributed by atoms with van der Waals surface area (Å²) in [6.07, 6.45) is 10.6. The van der Waals surface area contributed by atoms with Gasteiger partial charge in [0.2, 0.25) is 0 Å². The minimum absolute atomic E-state index is 0.0608. The Hall–Kier alpha value is -4.39. The summed E-state index contributed by atoms with van der Waals surface area (Å²) >= 11 is 0. The maximum Gasteiger partial charge on any atom is 0.290 e. The zero-order valence-electron chi connectivity index (χ0n) is 19.3. The van der Waals surface area contributed by atoms with Gasteiger partial charge in [0.05, 0.1) is 17.9 Å². The van der Waals surface area contributed by atoms with Crippen LogP contribution in [-0.2, 0) is 16.1 Å². The van der Waals surface area contributed by atoms with Crippen LogP contribution >= 0.6 is 0 Å². The van der Waals surface area contributed by atoms with Gasteiger partial charge in [-0.3, -0.25) is 9.59 Å². The quantitative estimate of drug-likeness (QED) is 0.330. The number of allylic oxidation sites excluding steroid dienone is 1. The lowest BCUT2D eigenvalue weighted by Crippen LogP contribution is -2.32. The van der Waals surface area contributed by atoms with Crippen LogP contribution in [0.1, 0.15) is 23.6 Å². The second-order valence-corrected chi connectivity index (χ2v) is 8.10. The number of rotatable bonds is 11. The first-order chi connectivity index (χ1) is 17.1. The van der Waals surface area contributed by atoms with Crippen molar-refractivity contribution in [3.63, 3.8) is 0 Å². The van der Waals surface area contributed by atoms with Crippen LogP contribution in [0.5, 0.6) is 5.75 Å². The van der Waals surface area contributed by atoms with Crippen molar-refractivity contribution in [3.05, 3.63) is 115 Å². The van der Waals surface area contributed by atoms with Crippen LogP contribution in [0.15, 0.2) is 103 Å². The van der Waals surface area contributed by atoms with Crippen LogP contribution in [0.3, 0.4) is 0 Å². The molecule has 1 aromatic heterocycles. The normalized spacial score (nSPS) is 15.7. The van der Waals surface area contributed by atoms with Crippen molar-refractivity contribution >= 4 is 17.8 Å². The minimum atomic E-state index is -0.731. The number of amides is 1. The van der Waals surface area contributed by atoms with Crippen molar-refractivity contribution in [1.29, 1.82) is 0 Å². The molecule has 0 saturated heterocycles. The van der Waals surface area contributed by atoms with Crippen LogP contribution in [0.2, 0.25) is 0 Å². The predicted octanol–water partition coefficient (Wildman–Crippen LogP) is 4.52. The molecule has 1 amide bonds. The van der Waals surface area contributed by atoms with Crippen LogP contribution in [0, 0.1) is 0 Å². The van der Waals surface area contributed by atoms with Gasteiger partial charge in [0.1, 0.15) is 12.4 Å². The lowest BCUT2D eigenvalue weighted by Gasteiger charge is -2.27. The zero-order valence-corrected chi connectivity index (χ0v) is 19.3. The first-order valence-electron chi connectivity index (χ1n) is 11.4. The number of ketones is 1. The smallest absolute Gasteiger partial charge is 0.290 e. The van der Waals surface area contributed by atoms with E-state index in [1.807, 2.05) is 47.2 Å². The Morgan fingerprint density at radius 1 is 1.14 bits per heavy atom. The third-order valence-electron chi connectivity index (χ3n) is 5.71. The fourth-order valence-corrected chi connectivity index (χ4v) is 4.08. The summed E-state index contributed by atoms with van der Waals surface area (Å²) in [7, 11) is 0. The lowest BCUT2D eigenvalue weighted by atomic mass is 9.95. The van der Waals surface area contributed by atoms with Crippen molar-refractivity contribution < 1.29 is 19.4 Å². The fraction of sp³-hybridized carbons (Fsp3) is 0.179. The molecule has 0 spiro atoms. The van der Waals surface area contributed by atoms with E-state index in [9.17, 15) is 14.7 Å². The van der Waals surface area contributed by atoms with Crippen molar-refractivity contribution in [2.75, 3.05) is 13.2 Å². The van der Waals surface area contributed by atoms with E-state index in [2.05, 4.69) is 11.6 Å². The molecule has 4 rings (SSSR count). The Labute approximate surface area is 204 Å². The second kappa shape index (κ2) is 11.2. The molecule has 0 radical (unpaired) electrons. The molecule has 35 heavy (non-hydrogen) atoms. The number of carbonyl (C=O) groups is 2. The molecule has 2 aromatic carbocycles. The van der Waals surface area contributed by atoms with Crippen molar-refractivity contribution in [1.82, 2.24) is 14.5 Å². The highest BCUT2D eigenvalue weighted by Gasteiger charge is 2.42. The van der Waals surface area contributed by atoms with Crippen molar-refractivity contribution in [3.8, 4) is 5.75 Å². The van der Waals surface area contributed by atoms with Gasteiger partial charge < -0.3 is 19.3 Å². The number of carbonyl (C=O) groups excluding carboxylic acids is 2. The molecular weight excluding hydrogens is 442 g/mol. The van der Waals surface area contributed by atoms with E-state index in [0.29, 0.717) is 37.4 Å². The standard InChI is InChI=1S/C28H27N3O4/c1-2-18-35-23-11-6-10-22(19-23)26-25(24(32)13-12-21-8-4-3-5-9-21)27(33)28(34)31(26)16-7-15-30-17-14-29-20-30/h2-6,8-14,17,19-20,26,33H,1,7,15-16,18H2/b13-12+. The molecule has 0 fully saturated rings. The number of nitrogens with zero attached hydrogens (tertiary/aromatic N) is 3. The van der Waals surface area contributed by atoms with Gasteiger partial charge in [-0.15, -0.1) is 0 Å². The van der Waals surface area contributed by atoms with Gasteiger partial charge in [-0.2, -0.15) is 0 Å². The van der Waals surface area contributed by atoms with E-state index in [1.165, 1.54) is 6.08 Å². The second-order valence-electron chi connectivity index (χ2n) is 8.10. The summed E-state index contributed by atoms with van der Waals surface area (Å²) in [5, 5.41) is 10.8. The number of benzene rings is 2. The highest BCUT2D eigenvalue weighted by atomic mass is 16.5. The molecule has 1 aliphatic heterocycles. The van der Waals surface area contributed by atoms with Gasteiger partial charge >= 0.3 is 0 Å². The van der Waals surface area contributed by atoms with Gasteiger partial charge in [-0.05, 0) is 35.8 Å². The summed E-state index contributed by atoms with van der Waals surface area (Å²) in [5.41, 5.74) is 1.59. The Balaban J connectivity index is 1.64. The largest absolute Gasteiger partial charge is 0.503 e. The van der Waals surface area contributed by atoms with Gasteiger partial charge in [-0.25, -0.2) is 4.98 Å². The van der Waals surface area contributed by atoms with E-state index in [0.717, 1.165) is 5.56 Å². The maximum atomic E-state index is 13.3. The molecule has 1 N–H and O–H groups in total. The number of hydrogen-bond donors (Lipinski definition) is 1. The molecule has 3 aromatic rings. The number of aliphatic hydroxyl groups is 1. The molecule has 1 atom stereocenters. The average molecular weight is 470 g/mol. The monoisotopic (exact) mass is 469 g/mol. The molecule has 0 aliphatic carbocycles. The van der Waals surface area contributed by atoms with E-state index < -0.39 is 23.5 Å². The van der Waals surface area contributed by atoms with Crippen molar-refractivity contribution in [2.24, 2.45) is 0 Å². The molecule has 2 heterocycles. The van der Waals surface area contributed by atoms with Crippen LogP contribution in [0.4, 0.5) is 0 Å². The summed E-state index contributed by atoms with van der Waals surface area (Å²) in [4.78, 5) is 32.0. The van der Waals surface area contributed by atoms with E-state index in [4.69, 9.17) is 4.74 Å². The van der Waals surface area contributed by atoms with Gasteiger partial charge in [0.15, 0.2) is 11.5 Å². The highest BCUT2D eigenvalue weighted by Crippen LogP contribution is 2.39. The van der Waals surface area contributed by atoms with Gasteiger partial charge in [0.25, 0.3) is 5.91 Å². The molecule has 0 saturated carbocycles. The van der Waals surface area contributed by atoms with E-state index >= 15 is 0 Å². The molecule has 7 nitrogen and oxygen atoms in total. The first kappa shape index (κ1) is 23.8. The van der Waals surface area contributed by atoms with Crippen LogP contribution in [-0.4, -0.2) is 44.4 Å². The third kappa shape index (κ3) is 5.58. The summed E-state index contributed by atoms with van der Waals surface area (Å²) in [6.45, 7) is 4.99. The van der Waals surface area contributed by atoms with E-state index in [-0.39, 0.29) is 5.57 Å². The zero-order chi connectivity index (χ0) is 24.6. The Morgan fingerprint density at radius 2 is 1.97 bits per heavy atom. The summed E-state index contributed by atoms with van der Waals surface area (Å²) < 4.78 is 7.58. The number of aryl methyl sites for hydroxylation is 1. The van der Waals surface area contributed by atoms with Gasteiger partial charge in [-0.1, -0.05) is 61.2 Å². The third-order valence-corrected chi connectivity index (χ3v) is 5.71. The maximum absolute atomic E-state index is 13.3. The van der Waals surface area contributed by atoms with Gasteiger partial charge in [0, 0.05) is 25.5 Å². The van der Waals surface area contributed by atoms with Crippen LogP contribution in [0.25, 0.3) is 6.08 Å². The number of aromatic nitrogens is 2. The van der Waals surface area contributed by atoms with E-state index in [1.54, 1.807) is 47.8 Å². The predicted molar refractivity (Wildman–Crippen MR) is 134 cm³/mol. The van der Waals surface area contributed by atoms with Crippen molar-refractivity contribution in [2.45, 2.75) is 19.0 Å². The fourth-order valence-electron chi connectivity index (χ4n) is 4.08. The molecular formula is C28H27N3O4. The lowest BCUT2D eigenvalue weighted by molar-refractivity contribution is -0.129. The molecule has 1 aliphatic rings. The Kier molecular flexibility index (Phi) is 7.57. The molecule has 178 valence electrons. The number of aliphatic hydroxyl groups excluding tert-OH is 1. The average Bonchev–Trinajstić information content (AvgIpc) is 3.49. The molecule has 7 heteroatoms. The summed E-state index contributed by atoms with van der Waals surface area (Å²) in [5.74, 6) is -0.905. The Morgan fingerprint density at radius 3 is 2.71 bits per heavy atom. The first-order valence-corrected chi connectivity index (χ1v) is 11.4. The highest BCUT2D eigenvalue weighted by molar-refractivity contribution is 6.14. The minimum Gasteiger partial charge on any atom is -0.503 e. The number of imidazole rings is 1. The summed E-state index contributed by atoms with van der Waals surface area (Å²) in [6, 6.07) is 15.9.